The summed E-state index contributed by atoms with van der Waals surface area (Å²) in [5, 5.41) is 0.663. The first-order valence-corrected chi connectivity index (χ1v) is 8.93. The van der Waals surface area contributed by atoms with Gasteiger partial charge in [-0.2, -0.15) is 0 Å². The lowest BCUT2D eigenvalue weighted by Gasteiger charge is -2.22. The van der Waals surface area contributed by atoms with Crippen LogP contribution < -0.4 is 5.63 Å². The molecule has 1 aromatic heterocycles. The zero-order chi connectivity index (χ0) is 19.8. The van der Waals surface area contributed by atoms with Gasteiger partial charge in [0.05, 0.1) is 19.6 Å². The number of rotatable bonds is 9. The molecule has 0 aliphatic rings. The van der Waals surface area contributed by atoms with Crippen molar-refractivity contribution in [3.8, 4) is 0 Å². The maximum Gasteiger partial charge on any atom is 0.349 e. The van der Waals surface area contributed by atoms with Crippen LogP contribution in [0.25, 0.3) is 11.0 Å². The molecule has 0 spiro atoms. The molecule has 0 saturated carbocycles. The molecule has 0 fully saturated rings. The number of para-hydroxylation sites is 1. The first-order chi connectivity index (χ1) is 12.9. The maximum atomic E-state index is 12.9. The van der Waals surface area contributed by atoms with Gasteiger partial charge in [0.25, 0.3) is 5.91 Å². The Bertz CT molecular complexity index is 842. The number of esters is 1. The van der Waals surface area contributed by atoms with E-state index in [1.165, 1.54) is 18.1 Å². The monoisotopic (exact) mass is 375 g/mol. The summed E-state index contributed by atoms with van der Waals surface area (Å²) in [6.45, 7) is 4.85. The molecule has 7 nitrogen and oxygen atoms in total. The van der Waals surface area contributed by atoms with Gasteiger partial charge in [-0.15, -0.1) is 0 Å². The molecular formula is C20H25NO6. The predicted octanol–water partition coefficient (Wildman–Crippen LogP) is 2.61. The van der Waals surface area contributed by atoms with E-state index in [1.54, 1.807) is 24.3 Å². The smallest absolute Gasteiger partial charge is 0.349 e. The summed E-state index contributed by atoms with van der Waals surface area (Å²) in [4.78, 5) is 38.1. The minimum atomic E-state index is -0.694. The molecule has 0 aliphatic heterocycles. The molecule has 146 valence electrons. The Balaban J connectivity index is 2.19. The summed E-state index contributed by atoms with van der Waals surface area (Å²) >= 11 is 0. The van der Waals surface area contributed by atoms with E-state index in [2.05, 4.69) is 4.74 Å². The molecule has 2 rings (SSSR count). The number of ether oxygens (including phenoxy) is 2. The van der Waals surface area contributed by atoms with Crippen LogP contribution in [0.2, 0.25) is 0 Å². The van der Waals surface area contributed by atoms with Crippen LogP contribution in [0.4, 0.5) is 0 Å². The maximum absolute atomic E-state index is 12.9. The number of fused-ring (bicyclic) bond motifs is 1. The van der Waals surface area contributed by atoms with Crippen molar-refractivity contribution < 1.29 is 23.5 Å². The zero-order valence-corrected chi connectivity index (χ0v) is 15.9. The number of methoxy groups -OCH3 is 1. The fourth-order valence-corrected chi connectivity index (χ4v) is 2.60. The number of carbonyl (C=O) groups excluding carboxylic acids is 2. The van der Waals surface area contributed by atoms with Crippen molar-refractivity contribution in [3.63, 3.8) is 0 Å². The predicted molar refractivity (Wildman–Crippen MR) is 101 cm³/mol. The minimum Gasteiger partial charge on any atom is -0.469 e. The quantitative estimate of drug-likeness (QED) is 0.380. The largest absolute Gasteiger partial charge is 0.469 e. The third-order valence-electron chi connectivity index (χ3n) is 4.00. The van der Waals surface area contributed by atoms with Crippen LogP contribution >= 0.6 is 0 Å². The summed E-state index contributed by atoms with van der Waals surface area (Å²) in [6.07, 6.45) is 0.729. The van der Waals surface area contributed by atoms with E-state index in [9.17, 15) is 14.4 Å². The van der Waals surface area contributed by atoms with E-state index < -0.39 is 17.5 Å². The number of hydrogen-bond acceptors (Lipinski definition) is 6. The zero-order valence-electron chi connectivity index (χ0n) is 15.9. The highest BCUT2D eigenvalue weighted by molar-refractivity contribution is 5.96. The van der Waals surface area contributed by atoms with E-state index >= 15 is 0 Å². The lowest BCUT2D eigenvalue weighted by Crippen LogP contribution is -2.37. The number of nitrogens with zero attached hydrogens (tertiary/aromatic N) is 1. The van der Waals surface area contributed by atoms with Crippen LogP contribution in [-0.4, -0.2) is 49.7 Å². The molecule has 7 heteroatoms. The van der Waals surface area contributed by atoms with Gasteiger partial charge >= 0.3 is 11.6 Å². The molecule has 1 amide bonds. The Morgan fingerprint density at radius 2 is 1.93 bits per heavy atom. The normalized spacial score (nSPS) is 11.0. The SMILES string of the molecule is COC(=O)CCN(CCCOC(C)C)C(=O)c1cc2ccccc2oc1=O. The van der Waals surface area contributed by atoms with Gasteiger partial charge in [0.15, 0.2) is 0 Å². The Morgan fingerprint density at radius 3 is 2.63 bits per heavy atom. The fourth-order valence-electron chi connectivity index (χ4n) is 2.60. The molecule has 1 heterocycles. The Labute approximate surface area is 157 Å². The summed E-state index contributed by atoms with van der Waals surface area (Å²) < 4.78 is 15.4. The number of benzene rings is 1. The molecular weight excluding hydrogens is 350 g/mol. The van der Waals surface area contributed by atoms with Gasteiger partial charge in [-0.05, 0) is 32.4 Å². The summed E-state index contributed by atoms with van der Waals surface area (Å²) in [7, 11) is 1.29. The third kappa shape index (κ3) is 5.92. The van der Waals surface area contributed by atoms with Crippen molar-refractivity contribution >= 4 is 22.8 Å². The molecule has 0 unspecified atom stereocenters. The number of hydrogen-bond donors (Lipinski definition) is 0. The van der Waals surface area contributed by atoms with E-state index in [1.807, 2.05) is 13.8 Å². The average molecular weight is 375 g/mol. The van der Waals surface area contributed by atoms with Gasteiger partial charge in [-0.1, -0.05) is 18.2 Å². The standard InChI is InChI=1S/C20H25NO6/c1-14(2)26-12-6-10-21(11-9-18(22)25-3)19(23)16-13-15-7-4-5-8-17(15)27-20(16)24/h4-5,7-8,13-14H,6,9-12H2,1-3H3. The van der Waals surface area contributed by atoms with Gasteiger partial charge < -0.3 is 18.8 Å². The van der Waals surface area contributed by atoms with Crippen molar-refractivity contribution in [2.24, 2.45) is 0 Å². The second kappa shape index (κ2) is 9.87. The second-order valence-electron chi connectivity index (χ2n) is 6.38. The highest BCUT2D eigenvalue weighted by Gasteiger charge is 2.21. The van der Waals surface area contributed by atoms with Crippen molar-refractivity contribution in [1.82, 2.24) is 4.90 Å². The van der Waals surface area contributed by atoms with Gasteiger partial charge in [-0.25, -0.2) is 4.79 Å². The molecule has 0 saturated heterocycles. The topological polar surface area (TPSA) is 86.0 Å². The second-order valence-corrected chi connectivity index (χ2v) is 6.38. The van der Waals surface area contributed by atoms with Crippen molar-refractivity contribution in [3.05, 3.63) is 46.3 Å². The van der Waals surface area contributed by atoms with Crippen molar-refractivity contribution in [2.45, 2.75) is 32.8 Å². The van der Waals surface area contributed by atoms with Crippen LogP contribution in [0.15, 0.2) is 39.5 Å². The van der Waals surface area contributed by atoms with Gasteiger partial charge in [0.1, 0.15) is 11.1 Å². The first kappa shape index (κ1) is 20.6. The van der Waals surface area contributed by atoms with Crippen molar-refractivity contribution in [2.75, 3.05) is 26.8 Å². The van der Waals surface area contributed by atoms with Crippen LogP contribution in [0.3, 0.4) is 0 Å². The molecule has 0 radical (unpaired) electrons. The van der Waals surface area contributed by atoms with E-state index in [0.717, 1.165) is 0 Å². The summed E-state index contributed by atoms with van der Waals surface area (Å²) in [6, 6.07) is 8.52. The van der Waals surface area contributed by atoms with Gasteiger partial charge in [0, 0.05) is 25.1 Å². The molecule has 0 N–H and O–H groups in total. The lowest BCUT2D eigenvalue weighted by molar-refractivity contribution is -0.140. The summed E-state index contributed by atoms with van der Waals surface area (Å²) in [5.41, 5.74) is -0.325. The van der Waals surface area contributed by atoms with Gasteiger partial charge in [-0.3, -0.25) is 9.59 Å². The highest BCUT2D eigenvalue weighted by atomic mass is 16.5. The molecule has 1 aromatic carbocycles. The molecule has 27 heavy (non-hydrogen) atoms. The van der Waals surface area contributed by atoms with Crippen LogP contribution in [0.5, 0.6) is 0 Å². The molecule has 0 atom stereocenters. The fraction of sp³-hybridized carbons (Fsp3) is 0.450. The third-order valence-corrected chi connectivity index (χ3v) is 4.00. The lowest BCUT2D eigenvalue weighted by atomic mass is 10.1. The summed E-state index contributed by atoms with van der Waals surface area (Å²) in [5.74, 6) is -0.889. The molecule has 2 aromatic rings. The highest BCUT2D eigenvalue weighted by Crippen LogP contribution is 2.14. The number of amides is 1. The number of carbonyl (C=O) groups is 2. The first-order valence-electron chi connectivity index (χ1n) is 8.93. The van der Waals surface area contributed by atoms with Crippen LogP contribution in [0.1, 0.15) is 37.0 Å². The van der Waals surface area contributed by atoms with E-state index in [4.69, 9.17) is 9.15 Å². The van der Waals surface area contributed by atoms with Gasteiger partial charge in [0.2, 0.25) is 0 Å². The van der Waals surface area contributed by atoms with E-state index in [0.29, 0.717) is 30.5 Å². The Hall–Kier alpha value is -2.67. The van der Waals surface area contributed by atoms with E-state index in [-0.39, 0.29) is 24.6 Å². The Morgan fingerprint density at radius 1 is 1.19 bits per heavy atom. The molecule has 0 aliphatic carbocycles. The molecule has 0 bridgehead atoms. The van der Waals surface area contributed by atoms with Crippen LogP contribution in [-0.2, 0) is 14.3 Å². The Kier molecular flexibility index (Phi) is 7.55. The minimum absolute atomic E-state index is 0.0478. The van der Waals surface area contributed by atoms with Crippen LogP contribution in [0, 0.1) is 0 Å². The average Bonchev–Trinajstić information content (AvgIpc) is 2.65. The van der Waals surface area contributed by atoms with Crippen molar-refractivity contribution in [1.29, 1.82) is 0 Å².